The quantitative estimate of drug-likeness (QED) is 0.411. The smallest absolute Gasteiger partial charge is 0.223 e. The number of methoxy groups -OCH3 is 1. The van der Waals surface area contributed by atoms with Crippen molar-refractivity contribution in [1.29, 1.82) is 0 Å². The normalized spacial score (nSPS) is 13.9. The van der Waals surface area contributed by atoms with E-state index in [0.717, 1.165) is 52.4 Å². The van der Waals surface area contributed by atoms with Gasteiger partial charge >= 0.3 is 0 Å². The fraction of sp³-hybridized carbons (Fsp3) is 0.357. The van der Waals surface area contributed by atoms with E-state index in [4.69, 9.17) is 14.8 Å². The lowest BCUT2D eigenvalue weighted by molar-refractivity contribution is -0.131. The number of carbonyl (C=O) groups excluding carboxylic acids is 1. The van der Waals surface area contributed by atoms with Crippen LogP contribution in [0.25, 0.3) is 16.7 Å². The van der Waals surface area contributed by atoms with Gasteiger partial charge in [0.1, 0.15) is 5.82 Å². The summed E-state index contributed by atoms with van der Waals surface area (Å²) in [7, 11) is 1.63. The van der Waals surface area contributed by atoms with Gasteiger partial charge in [-0.3, -0.25) is 4.79 Å². The number of hydrogen-bond acceptors (Lipinski definition) is 6. The number of amides is 1. The third-order valence-electron chi connectivity index (χ3n) is 7.00. The van der Waals surface area contributed by atoms with Crippen LogP contribution in [0.4, 0.5) is 5.82 Å². The van der Waals surface area contributed by atoms with E-state index in [-0.39, 0.29) is 5.91 Å². The molecule has 0 radical (unpaired) electrons. The number of pyridine rings is 2. The number of nitrogens with zero attached hydrogens (tertiary/aromatic N) is 6. The summed E-state index contributed by atoms with van der Waals surface area (Å²) in [5.74, 6) is 1.68. The average Bonchev–Trinajstić information content (AvgIpc) is 3.25. The molecule has 1 aliphatic rings. The Morgan fingerprint density at radius 3 is 2.42 bits per heavy atom. The largest absolute Gasteiger partial charge is 0.481 e. The molecule has 3 aromatic heterocycles. The van der Waals surface area contributed by atoms with E-state index in [9.17, 15) is 4.79 Å². The van der Waals surface area contributed by atoms with Gasteiger partial charge < -0.3 is 14.5 Å². The van der Waals surface area contributed by atoms with Crippen LogP contribution in [0.15, 0.2) is 48.7 Å². The Hall–Kier alpha value is -3.94. The monoisotopic (exact) mass is 484 g/mol. The van der Waals surface area contributed by atoms with E-state index in [0.29, 0.717) is 31.8 Å². The summed E-state index contributed by atoms with van der Waals surface area (Å²) in [4.78, 5) is 26.5. The second kappa shape index (κ2) is 9.97. The summed E-state index contributed by atoms with van der Waals surface area (Å²) in [5, 5.41) is 5.80. The van der Waals surface area contributed by atoms with E-state index in [1.54, 1.807) is 13.3 Å². The first-order chi connectivity index (χ1) is 17.5. The molecule has 0 aliphatic carbocycles. The highest BCUT2D eigenvalue weighted by atomic mass is 16.5. The minimum Gasteiger partial charge on any atom is -0.481 e. The molecule has 1 aliphatic heterocycles. The van der Waals surface area contributed by atoms with Crippen molar-refractivity contribution in [2.75, 3.05) is 38.2 Å². The standard InChI is InChI=1S/C28H32N6O2/c1-19-8-10-22(11-9-19)34-27-26(21(3)31-34)20(2)23(28(30-27)36-4)12-13-25(35)33-17-15-32(16-18-33)24-7-5-6-14-29-24/h5-11,14H,12-13,15-18H2,1-4H3. The molecule has 0 unspecified atom stereocenters. The molecule has 1 amide bonds. The number of ether oxygens (including phenoxy) is 1. The number of aryl methyl sites for hydroxylation is 3. The van der Waals surface area contributed by atoms with Crippen LogP contribution in [0, 0.1) is 20.8 Å². The van der Waals surface area contributed by atoms with Crippen molar-refractivity contribution < 1.29 is 9.53 Å². The van der Waals surface area contributed by atoms with Crippen LogP contribution in [-0.4, -0.2) is 63.8 Å². The Balaban J connectivity index is 1.33. The van der Waals surface area contributed by atoms with Crippen LogP contribution in [0.3, 0.4) is 0 Å². The van der Waals surface area contributed by atoms with Gasteiger partial charge in [-0.1, -0.05) is 23.8 Å². The maximum Gasteiger partial charge on any atom is 0.223 e. The molecule has 36 heavy (non-hydrogen) atoms. The first-order valence-corrected chi connectivity index (χ1v) is 12.4. The van der Waals surface area contributed by atoms with E-state index in [1.807, 2.05) is 46.8 Å². The van der Waals surface area contributed by atoms with Crippen molar-refractivity contribution in [2.45, 2.75) is 33.6 Å². The first kappa shape index (κ1) is 23.8. The van der Waals surface area contributed by atoms with Gasteiger partial charge in [-0.15, -0.1) is 0 Å². The molecule has 0 spiro atoms. The number of anilines is 1. The highest BCUT2D eigenvalue weighted by Crippen LogP contribution is 2.32. The molecular formula is C28H32N6O2. The predicted octanol–water partition coefficient (Wildman–Crippen LogP) is 4.03. The number of fused-ring (bicyclic) bond motifs is 1. The summed E-state index contributed by atoms with van der Waals surface area (Å²) in [6.07, 6.45) is 2.80. The summed E-state index contributed by atoms with van der Waals surface area (Å²) in [6.45, 7) is 9.12. The number of benzene rings is 1. The molecular weight excluding hydrogens is 452 g/mol. The van der Waals surface area contributed by atoms with Crippen LogP contribution >= 0.6 is 0 Å². The lowest BCUT2D eigenvalue weighted by atomic mass is 10.0. The van der Waals surface area contributed by atoms with Gasteiger partial charge in [0.15, 0.2) is 5.65 Å². The average molecular weight is 485 g/mol. The number of aromatic nitrogens is 4. The Morgan fingerprint density at radius 2 is 1.75 bits per heavy atom. The molecule has 1 saturated heterocycles. The van der Waals surface area contributed by atoms with E-state index >= 15 is 0 Å². The zero-order valence-corrected chi connectivity index (χ0v) is 21.4. The fourth-order valence-corrected chi connectivity index (χ4v) is 4.98. The van der Waals surface area contributed by atoms with Crippen LogP contribution in [0.1, 0.15) is 28.8 Å². The molecule has 8 nitrogen and oxygen atoms in total. The first-order valence-electron chi connectivity index (χ1n) is 12.4. The number of hydrogen-bond donors (Lipinski definition) is 0. The highest BCUT2D eigenvalue weighted by molar-refractivity contribution is 5.86. The zero-order valence-electron chi connectivity index (χ0n) is 21.4. The Labute approximate surface area is 211 Å². The maximum absolute atomic E-state index is 13.1. The van der Waals surface area contributed by atoms with Crippen molar-refractivity contribution in [3.05, 3.63) is 71.0 Å². The molecule has 0 bridgehead atoms. The summed E-state index contributed by atoms with van der Waals surface area (Å²) >= 11 is 0. The number of piperazine rings is 1. The zero-order chi connectivity index (χ0) is 25.2. The topological polar surface area (TPSA) is 76.4 Å². The Kier molecular flexibility index (Phi) is 6.59. The molecule has 186 valence electrons. The summed E-state index contributed by atoms with van der Waals surface area (Å²) < 4.78 is 7.57. The maximum atomic E-state index is 13.1. The molecule has 0 saturated carbocycles. The van der Waals surface area contributed by atoms with E-state index < -0.39 is 0 Å². The third kappa shape index (κ3) is 4.51. The van der Waals surface area contributed by atoms with Crippen LogP contribution in [0.2, 0.25) is 0 Å². The minimum atomic E-state index is 0.157. The van der Waals surface area contributed by atoms with Gasteiger partial charge in [0.25, 0.3) is 0 Å². The van der Waals surface area contributed by atoms with Gasteiger partial charge in [0.05, 0.1) is 18.5 Å². The predicted molar refractivity (Wildman–Crippen MR) is 141 cm³/mol. The van der Waals surface area contributed by atoms with Gasteiger partial charge in [0, 0.05) is 49.7 Å². The fourth-order valence-electron chi connectivity index (χ4n) is 4.98. The van der Waals surface area contributed by atoms with Gasteiger partial charge in [0.2, 0.25) is 11.8 Å². The Bertz CT molecular complexity index is 1370. The van der Waals surface area contributed by atoms with Gasteiger partial charge in [-0.05, 0) is 57.0 Å². The van der Waals surface area contributed by atoms with Crippen LogP contribution < -0.4 is 9.64 Å². The molecule has 4 heterocycles. The highest BCUT2D eigenvalue weighted by Gasteiger charge is 2.24. The molecule has 8 heteroatoms. The van der Waals surface area contributed by atoms with E-state index in [1.165, 1.54) is 5.56 Å². The SMILES string of the molecule is COc1nc2c(c(C)nn2-c2ccc(C)cc2)c(C)c1CCC(=O)N1CCN(c2ccccn2)CC1. The van der Waals surface area contributed by atoms with Crippen molar-refractivity contribution in [3.8, 4) is 11.6 Å². The van der Waals surface area contributed by atoms with E-state index in [2.05, 4.69) is 35.9 Å². The molecule has 1 aromatic carbocycles. The molecule has 5 rings (SSSR count). The van der Waals surface area contributed by atoms with Crippen molar-refractivity contribution in [1.82, 2.24) is 24.6 Å². The minimum absolute atomic E-state index is 0.157. The number of rotatable bonds is 6. The number of carbonyl (C=O) groups is 1. The van der Waals surface area contributed by atoms with Crippen LogP contribution in [-0.2, 0) is 11.2 Å². The second-order valence-corrected chi connectivity index (χ2v) is 9.31. The molecule has 0 atom stereocenters. The lowest BCUT2D eigenvalue weighted by Crippen LogP contribution is -2.49. The summed E-state index contributed by atoms with van der Waals surface area (Å²) in [6, 6.07) is 14.2. The summed E-state index contributed by atoms with van der Waals surface area (Å²) in [5.41, 5.74) is 5.87. The van der Waals surface area contributed by atoms with Gasteiger partial charge in [-0.25, -0.2) is 9.67 Å². The second-order valence-electron chi connectivity index (χ2n) is 9.31. The van der Waals surface area contributed by atoms with Crippen molar-refractivity contribution in [3.63, 3.8) is 0 Å². The molecule has 4 aromatic rings. The third-order valence-corrected chi connectivity index (χ3v) is 7.00. The lowest BCUT2D eigenvalue weighted by Gasteiger charge is -2.35. The van der Waals surface area contributed by atoms with Crippen molar-refractivity contribution >= 4 is 22.8 Å². The molecule has 1 fully saturated rings. The van der Waals surface area contributed by atoms with Gasteiger partial charge in [-0.2, -0.15) is 10.1 Å². The van der Waals surface area contributed by atoms with Crippen LogP contribution in [0.5, 0.6) is 5.88 Å². The van der Waals surface area contributed by atoms with Crippen molar-refractivity contribution in [2.24, 2.45) is 0 Å². The Morgan fingerprint density at radius 1 is 1.00 bits per heavy atom. The molecule has 0 N–H and O–H groups in total.